The van der Waals surface area contributed by atoms with Gasteiger partial charge in [-0.1, -0.05) is 13.3 Å². The highest BCUT2D eigenvalue weighted by atomic mass is 16.5. The molecule has 1 aliphatic rings. The zero-order valence-corrected chi connectivity index (χ0v) is 12.1. The van der Waals surface area contributed by atoms with Crippen molar-refractivity contribution in [2.75, 3.05) is 26.7 Å². The standard InChI is InChI=1S/C14H26N2O3/c1-3-10-16(11-14(18)19-2)13(17)8-7-12-6-4-5-9-15-12/h12,15H,3-11H2,1-2H3. The van der Waals surface area contributed by atoms with Crippen LogP contribution >= 0.6 is 0 Å². The minimum Gasteiger partial charge on any atom is -0.468 e. The summed E-state index contributed by atoms with van der Waals surface area (Å²) < 4.78 is 4.63. The van der Waals surface area contributed by atoms with Crippen LogP contribution in [0.25, 0.3) is 0 Å². The number of hydrogen-bond acceptors (Lipinski definition) is 4. The van der Waals surface area contributed by atoms with Crippen LogP contribution in [0.1, 0.15) is 45.4 Å². The molecule has 1 N–H and O–H groups in total. The Labute approximate surface area is 115 Å². The number of esters is 1. The van der Waals surface area contributed by atoms with Crippen molar-refractivity contribution >= 4 is 11.9 Å². The van der Waals surface area contributed by atoms with Gasteiger partial charge in [-0.25, -0.2) is 0 Å². The summed E-state index contributed by atoms with van der Waals surface area (Å²) in [4.78, 5) is 25.0. The molecule has 0 aromatic carbocycles. The number of nitrogens with zero attached hydrogens (tertiary/aromatic N) is 1. The van der Waals surface area contributed by atoms with Gasteiger partial charge in [0.05, 0.1) is 7.11 Å². The summed E-state index contributed by atoms with van der Waals surface area (Å²) in [6.07, 6.45) is 5.85. The molecule has 1 amide bonds. The second-order valence-electron chi connectivity index (χ2n) is 5.08. The van der Waals surface area contributed by atoms with E-state index in [0.717, 1.165) is 25.8 Å². The Morgan fingerprint density at radius 2 is 2.16 bits per heavy atom. The zero-order valence-electron chi connectivity index (χ0n) is 12.1. The SMILES string of the molecule is CCCN(CC(=O)OC)C(=O)CCC1CCCCN1. The number of amides is 1. The third-order valence-electron chi connectivity index (χ3n) is 3.51. The summed E-state index contributed by atoms with van der Waals surface area (Å²) in [6.45, 7) is 3.74. The molecule has 1 unspecified atom stereocenters. The van der Waals surface area contributed by atoms with Gasteiger partial charge in [-0.3, -0.25) is 9.59 Å². The minimum atomic E-state index is -0.349. The molecular weight excluding hydrogens is 244 g/mol. The Morgan fingerprint density at radius 1 is 1.37 bits per heavy atom. The van der Waals surface area contributed by atoms with Gasteiger partial charge in [-0.15, -0.1) is 0 Å². The van der Waals surface area contributed by atoms with Crippen LogP contribution in [0.4, 0.5) is 0 Å². The van der Waals surface area contributed by atoms with Crippen molar-refractivity contribution in [3.63, 3.8) is 0 Å². The van der Waals surface area contributed by atoms with Gasteiger partial charge in [0.25, 0.3) is 0 Å². The number of ether oxygens (including phenoxy) is 1. The lowest BCUT2D eigenvalue weighted by molar-refractivity contribution is -0.147. The summed E-state index contributed by atoms with van der Waals surface area (Å²) >= 11 is 0. The highest BCUT2D eigenvalue weighted by molar-refractivity contribution is 5.82. The van der Waals surface area contributed by atoms with Gasteiger partial charge >= 0.3 is 5.97 Å². The monoisotopic (exact) mass is 270 g/mol. The quantitative estimate of drug-likeness (QED) is 0.709. The summed E-state index contributed by atoms with van der Waals surface area (Å²) in [6, 6.07) is 0.458. The molecule has 1 saturated heterocycles. The highest BCUT2D eigenvalue weighted by Crippen LogP contribution is 2.12. The molecule has 1 heterocycles. The van der Waals surface area contributed by atoms with E-state index in [9.17, 15) is 9.59 Å². The van der Waals surface area contributed by atoms with E-state index >= 15 is 0 Å². The van der Waals surface area contributed by atoms with E-state index in [1.807, 2.05) is 6.92 Å². The molecule has 110 valence electrons. The summed E-state index contributed by atoms with van der Waals surface area (Å²) in [7, 11) is 1.35. The van der Waals surface area contributed by atoms with Gasteiger partial charge in [0.1, 0.15) is 6.54 Å². The maximum Gasteiger partial charge on any atom is 0.325 e. The third kappa shape index (κ3) is 6.05. The maximum absolute atomic E-state index is 12.1. The van der Waals surface area contributed by atoms with E-state index in [-0.39, 0.29) is 18.4 Å². The fraction of sp³-hybridized carbons (Fsp3) is 0.857. The second kappa shape index (κ2) is 8.91. The first-order valence-electron chi connectivity index (χ1n) is 7.25. The van der Waals surface area contributed by atoms with Crippen molar-refractivity contribution in [2.24, 2.45) is 0 Å². The lowest BCUT2D eigenvalue weighted by Gasteiger charge is -2.25. The van der Waals surface area contributed by atoms with Crippen LogP contribution in [0.15, 0.2) is 0 Å². The Morgan fingerprint density at radius 3 is 2.74 bits per heavy atom. The topological polar surface area (TPSA) is 58.6 Å². The van der Waals surface area contributed by atoms with E-state index in [0.29, 0.717) is 19.0 Å². The molecule has 5 heteroatoms. The van der Waals surface area contributed by atoms with Crippen molar-refractivity contribution in [2.45, 2.75) is 51.5 Å². The van der Waals surface area contributed by atoms with E-state index in [1.165, 1.54) is 20.0 Å². The number of carbonyl (C=O) groups is 2. The van der Waals surface area contributed by atoms with E-state index in [2.05, 4.69) is 10.1 Å². The van der Waals surface area contributed by atoms with Crippen LogP contribution in [0, 0.1) is 0 Å². The predicted octanol–water partition coefficient (Wildman–Crippen LogP) is 1.32. The molecule has 0 saturated carbocycles. The molecule has 5 nitrogen and oxygen atoms in total. The number of methoxy groups -OCH3 is 1. The van der Waals surface area contributed by atoms with Crippen LogP contribution in [0.2, 0.25) is 0 Å². The average molecular weight is 270 g/mol. The first-order chi connectivity index (χ1) is 9.17. The zero-order chi connectivity index (χ0) is 14.1. The second-order valence-corrected chi connectivity index (χ2v) is 5.08. The van der Waals surface area contributed by atoms with Crippen LogP contribution < -0.4 is 5.32 Å². The summed E-state index contributed by atoms with van der Waals surface area (Å²) in [5.41, 5.74) is 0. The van der Waals surface area contributed by atoms with Gasteiger partial charge in [0.15, 0.2) is 0 Å². The lowest BCUT2D eigenvalue weighted by Crippen LogP contribution is -2.39. The largest absolute Gasteiger partial charge is 0.468 e. The van der Waals surface area contributed by atoms with Gasteiger partial charge in [0, 0.05) is 19.0 Å². The van der Waals surface area contributed by atoms with Crippen molar-refractivity contribution in [3.8, 4) is 0 Å². The molecule has 0 radical (unpaired) electrons. The van der Waals surface area contributed by atoms with Gasteiger partial charge in [-0.2, -0.15) is 0 Å². The molecule has 0 aromatic heterocycles. The molecule has 0 aliphatic carbocycles. The first kappa shape index (κ1) is 16.0. The summed E-state index contributed by atoms with van der Waals surface area (Å²) in [5, 5.41) is 3.43. The van der Waals surface area contributed by atoms with Crippen LogP contribution in [-0.4, -0.2) is 49.6 Å². The van der Waals surface area contributed by atoms with E-state index in [4.69, 9.17) is 0 Å². The fourth-order valence-corrected chi connectivity index (χ4v) is 2.41. The van der Waals surface area contributed by atoms with E-state index < -0.39 is 0 Å². The Kier molecular flexibility index (Phi) is 7.48. The van der Waals surface area contributed by atoms with Crippen molar-refractivity contribution < 1.29 is 14.3 Å². The third-order valence-corrected chi connectivity index (χ3v) is 3.51. The van der Waals surface area contributed by atoms with Crippen molar-refractivity contribution in [1.82, 2.24) is 10.2 Å². The number of rotatable bonds is 7. The molecule has 1 rings (SSSR count). The number of hydrogen-bond donors (Lipinski definition) is 1. The molecule has 0 aromatic rings. The normalized spacial score (nSPS) is 18.9. The van der Waals surface area contributed by atoms with Crippen molar-refractivity contribution in [3.05, 3.63) is 0 Å². The predicted molar refractivity (Wildman–Crippen MR) is 73.8 cm³/mol. The Hall–Kier alpha value is -1.10. The highest BCUT2D eigenvalue weighted by Gasteiger charge is 2.19. The smallest absolute Gasteiger partial charge is 0.325 e. The number of carbonyl (C=O) groups excluding carboxylic acids is 2. The van der Waals surface area contributed by atoms with Crippen LogP contribution in [-0.2, 0) is 14.3 Å². The molecule has 1 atom stereocenters. The Bertz CT molecular complexity index is 288. The van der Waals surface area contributed by atoms with Gasteiger partial charge < -0.3 is 15.0 Å². The summed E-state index contributed by atoms with van der Waals surface area (Å²) in [5.74, 6) is -0.294. The molecule has 1 fully saturated rings. The van der Waals surface area contributed by atoms with E-state index in [1.54, 1.807) is 4.90 Å². The fourth-order valence-electron chi connectivity index (χ4n) is 2.41. The van der Waals surface area contributed by atoms with Crippen LogP contribution in [0.3, 0.4) is 0 Å². The molecule has 0 spiro atoms. The number of piperidine rings is 1. The van der Waals surface area contributed by atoms with Gasteiger partial charge in [0.2, 0.25) is 5.91 Å². The minimum absolute atomic E-state index is 0.0552. The lowest BCUT2D eigenvalue weighted by atomic mass is 10.0. The molecule has 19 heavy (non-hydrogen) atoms. The first-order valence-corrected chi connectivity index (χ1v) is 7.25. The molecule has 0 bridgehead atoms. The average Bonchev–Trinajstić information content (AvgIpc) is 2.45. The van der Waals surface area contributed by atoms with Gasteiger partial charge in [-0.05, 0) is 32.2 Å². The van der Waals surface area contributed by atoms with Crippen molar-refractivity contribution in [1.29, 1.82) is 0 Å². The molecular formula is C14H26N2O3. The maximum atomic E-state index is 12.1. The Balaban J connectivity index is 2.35. The number of nitrogens with one attached hydrogen (secondary N) is 1. The van der Waals surface area contributed by atoms with Crippen LogP contribution in [0.5, 0.6) is 0 Å². The molecule has 1 aliphatic heterocycles.